The van der Waals surface area contributed by atoms with Crippen LogP contribution in [0.3, 0.4) is 0 Å². The van der Waals surface area contributed by atoms with Crippen molar-refractivity contribution in [3.05, 3.63) is 0 Å². The lowest BCUT2D eigenvalue weighted by molar-refractivity contribution is -0.145. The van der Waals surface area contributed by atoms with Gasteiger partial charge in [-0.05, 0) is 45.7 Å². The van der Waals surface area contributed by atoms with E-state index in [1.807, 2.05) is 0 Å². The number of ether oxygens (including phenoxy) is 1. The van der Waals surface area contributed by atoms with Crippen molar-refractivity contribution < 1.29 is 9.53 Å². The van der Waals surface area contributed by atoms with Gasteiger partial charge in [-0.2, -0.15) is 0 Å². The summed E-state index contributed by atoms with van der Waals surface area (Å²) in [6, 6.07) is 0. The molecular formula is C16H30N2O2. The second kappa shape index (κ2) is 7.41. The molecule has 1 unspecified atom stereocenters. The number of nitrogens with zero attached hydrogens (tertiary/aromatic N) is 1. The zero-order valence-electron chi connectivity index (χ0n) is 13.1. The predicted molar refractivity (Wildman–Crippen MR) is 80.6 cm³/mol. The van der Waals surface area contributed by atoms with Crippen LogP contribution in [0, 0.1) is 11.3 Å². The summed E-state index contributed by atoms with van der Waals surface area (Å²) in [5.41, 5.74) is -0.102. The summed E-state index contributed by atoms with van der Waals surface area (Å²) in [4.78, 5) is 15.2. The molecule has 0 aromatic carbocycles. The van der Waals surface area contributed by atoms with Crippen molar-refractivity contribution in [2.24, 2.45) is 11.3 Å². The molecule has 1 amide bonds. The maximum absolute atomic E-state index is 13.1. The van der Waals surface area contributed by atoms with Crippen molar-refractivity contribution in [2.75, 3.05) is 39.4 Å². The van der Waals surface area contributed by atoms with Gasteiger partial charge in [-0.15, -0.1) is 0 Å². The fraction of sp³-hybridized carbons (Fsp3) is 0.938. The van der Waals surface area contributed by atoms with Crippen LogP contribution in [0.2, 0.25) is 0 Å². The molecule has 0 aromatic heterocycles. The molecule has 0 aromatic rings. The van der Waals surface area contributed by atoms with E-state index in [1.54, 1.807) is 0 Å². The summed E-state index contributed by atoms with van der Waals surface area (Å²) >= 11 is 0. The average molecular weight is 282 g/mol. The molecule has 2 saturated heterocycles. The largest absolute Gasteiger partial charge is 0.381 e. The molecule has 0 spiro atoms. The number of hydrogen-bond acceptors (Lipinski definition) is 3. The van der Waals surface area contributed by atoms with Crippen molar-refractivity contribution in [3.63, 3.8) is 0 Å². The first-order chi connectivity index (χ1) is 9.72. The second-order valence-corrected chi connectivity index (χ2v) is 6.35. The van der Waals surface area contributed by atoms with Gasteiger partial charge >= 0.3 is 0 Å². The Morgan fingerprint density at radius 3 is 2.65 bits per heavy atom. The van der Waals surface area contributed by atoms with Crippen LogP contribution in [-0.4, -0.2) is 50.2 Å². The fourth-order valence-corrected chi connectivity index (χ4v) is 3.68. The summed E-state index contributed by atoms with van der Waals surface area (Å²) in [5, 5.41) is 3.39. The molecular weight excluding hydrogens is 252 g/mol. The van der Waals surface area contributed by atoms with Gasteiger partial charge < -0.3 is 15.0 Å². The van der Waals surface area contributed by atoms with E-state index < -0.39 is 0 Å². The molecule has 2 rings (SSSR count). The van der Waals surface area contributed by atoms with E-state index in [0.29, 0.717) is 11.8 Å². The van der Waals surface area contributed by atoms with Crippen molar-refractivity contribution >= 4 is 5.91 Å². The molecule has 4 heteroatoms. The number of carbonyl (C=O) groups is 1. The van der Waals surface area contributed by atoms with Gasteiger partial charge in [-0.1, -0.05) is 13.3 Å². The highest BCUT2D eigenvalue weighted by Gasteiger charge is 2.41. The molecule has 2 aliphatic heterocycles. The molecule has 116 valence electrons. The van der Waals surface area contributed by atoms with Gasteiger partial charge in [0.1, 0.15) is 0 Å². The lowest BCUT2D eigenvalue weighted by Gasteiger charge is -2.40. The minimum atomic E-state index is -0.102. The van der Waals surface area contributed by atoms with Gasteiger partial charge in [-0.25, -0.2) is 0 Å². The Kier molecular flexibility index (Phi) is 5.85. The SMILES string of the molecule is CCCC1(C(=O)N(CC)CC2CCOC2)CCNCC1. The van der Waals surface area contributed by atoms with E-state index in [1.165, 1.54) is 0 Å². The van der Waals surface area contributed by atoms with Gasteiger partial charge in [0, 0.05) is 25.6 Å². The second-order valence-electron chi connectivity index (χ2n) is 6.35. The van der Waals surface area contributed by atoms with E-state index in [0.717, 1.165) is 71.5 Å². The molecule has 2 heterocycles. The van der Waals surface area contributed by atoms with Crippen LogP contribution in [0.5, 0.6) is 0 Å². The zero-order chi connectivity index (χ0) is 14.4. The van der Waals surface area contributed by atoms with Gasteiger partial charge in [-0.3, -0.25) is 4.79 Å². The fourth-order valence-electron chi connectivity index (χ4n) is 3.68. The third-order valence-electron chi connectivity index (χ3n) is 4.91. The number of nitrogens with one attached hydrogen (secondary N) is 1. The molecule has 0 saturated carbocycles. The van der Waals surface area contributed by atoms with E-state index >= 15 is 0 Å². The van der Waals surface area contributed by atoms with Crippen molar-refractivity contribution in [2.45, 2.75) is 46.0 Å². The van der Waals surface area contributed by atoms with Crippen LogP contribution in [-0.2, 0) is 9.53 Å². The molecule has 4 nitrogen and oxygen atoms in total. The highest BCUT2D eigenvalue weighted by molar-refractivity contribution is 5.83. The average Bonchev–Trinajstić information content (AvgIpc) is 2.98. The number of carbonyl (C=O) groups excluding carboxylic acids is 1. The lowest BCUT2D eigenvalue weighted by Crippen LogP contribution is -2.50. The minimum Gasteiger partial charge on any atom is -0.381 e. The maximum atomic E-state index is 13.1. The number of piperidine rings is 1. The van der Waals surface area contributed by atoms with E-state index in [-0.39, 0.29) is 5.41 Å². The van der Waals surface area contributed by atoms with E-state index in [2.05, 4.69) is 24.1 Å². The quantitative estimate of drug-likeness (QED) is 0.810. The Morgan fingerprint density at radius 2 is 2.10 bits per heavy atom. The smallest absolute Gasteiger partial charge is 0.228 e. The lowest BCUT2D eigenvalue weighted by atomic mass is 9.74. The monoisotopic (exact) mass is 282 g/mol. The highest BCUT2D eigenvalue weighted by Crippen LogP contribution is 2.36. The minimum absolute atomic E-state index is 0.102. The van der Waals surface area contributed by atoms with Gasteiger partial charge in [0.05, 0.1) is 12.0 Å². The number of rotatable bonds is 6. The Bertz CT molecular complexity index is 302. The van der Waals surface area contributed by atoms with Crippen molar-refractivity contribution in [1.29, 1.82) is 0 Å². The van der Waals surface area contributed by atoms with Crippen LogP contribution < -0.4 is 5.32 Å². The normalized spacial score (nSPS) is 25.6. The first-order valence-corrected chi connectivity index (χ1v) is 8.29. The summed E-state index contributed by atoms with van der Waals surface area (Å²) in [5.74, 6) is 0.939. The highest BCUT2D eigenvalue weighted by atomic mass is 16.5. The van der Waals surface area contributed by atoms with Gasteiger partial charge in [0.25, 0.3) is 0 Å². The van der Waals surface area contributed by atoms with Crippen LogP contribution in [0.1, 0.15) is 46.0 Å². The summed E-state index contributed by atoms with van der Waals surface area (Å²) in [6.07, 6.45) is 5.22. The first-order valence-electron chi connectivity index (χ1n) is 8.29. The van der Waals surface area contributed by atoms with E-state index in [9.17, 15) is 4.79 Å². The van der Waals surface area contributed by atoms with Crippen molar-refractivity contribution in [1.82, 2.24) is 10.2 Å². The van der Waals surface area contributed by atoms with Crippen molar-refractivity contribution in [3.8, 4) is 0 Å². The van der Waals surface area contributed by atoms with Gasteiger partial charge in [0.2, 0.25) is 5.91 Å². The van der Waals surface area contributed by atoms with Crippen LogP contribution in [0.15, 0.2) is 0 Å². The third-order valence-corrected chi connectivity index (χ3v) is 4.91. The molecule has 2 aliphatic rings. The van der Waals surface area contributed by atoms with E-state index in [4.69, 9.17) is 4.74 Å². The molecule has 1 atom stereocenters. The Labute approximate surface area is 123 Å². The van der Waals surface area contributed by atoms with Crippen LogP contribution in [0.25, 0.3) is 0 Å². The third kappa shape index (κ3) is 3.53. The van der Waals surface area contributed by atoms with Gasteiger partial charge in [0.15, 0.2) is 0 Å². The Morgan fingerprint density at radius 1 is 1.35 bits per heavy atom. The summed E-state index contributed by atoms with van der Waals surface area (Å²) in [7, 11) is 0. The zero-order valence-corrected chi connectivity index (χ0v) is 13.1. The topological polar surface area (TPSA) is 41.6 Å². The Hall–Kier alpha value is -0.610. The first kappa shape index (κ1) is 15.8. The van der Waals surface area contributed by atoms with Crippen LogP contribution in [0.4, 0.5) is 0 Å². The standard InChI is InChI=1S/C16H30N2O2/c1-3-6-16(7-9-17-10-8-16)15(19)18(4-2)12-14-5-11-20-13-14/h14,17H,3-13H2,1-2H3. The molecule has 0 bridgehead atoms. The molecule has 1 N–H and O–H groups in total. The summed E-state index contributed by atoms with van der Waals surface area (Å²) < 4.78 is 5.45. The predicted octanol–water partition coefficient (Wildman–Crippen LogP) is 2.04. The maximum Gasteiger partial charge on any atom is 0.228 e. The van der Waals surface area contributed by atoms with Crippen LogP contribution >= 0.6 is 0 Å². The molecule has 2 fully saturated rings. The Balaban J connectivity index is 2.03. The molecule has 20 heavy (non-hydrogen) atoms. The number of hydrogen-bond donors (Lipinski definition) is 1. The number of amides is 1. The molecule has 0 aliphatic carbocycles. The molecule has 0 radical (unpaired) electrons. The summed E-state index contributed by atoms with van der Waals surface area (Å²) in [6.45, 7) is 9.66.